The average molecular weight is 157 g/mol. The summed E-state index contributed by atoms with van der Waals surface area (Å²) in [5, 5.41) is 12.7. The molecule has 64 valence electrons. The van der Waals surface area contributed by atoms with E-state index in [2.05, 4.69) is 10.0 Å². The van der Waals surface area contributed by atoms with Gasteiger partial charge >= 0.3 is 0 Å². The summed E-state index contributed by atoms with van der Waals surface area (Å²) in [4.78, 5) is 2.63. The fourth-order valence-electron chi connectivity index (χ4n) is 0.785. The van der Waals surface area contributed by atoms with E-state index < -0.39 is 5.60 Å². The minimum atomic E-state index is -0.587. The summed E-state index contributed by atoms with van der Waals surface area (Å²) in [6.45, 7) is 4.09. The number of aliphatic hydroxyl groups is 1. The summed E-state index contributed by atoms with van der Waals surface area (Å²) < 4.78 is 0. The molecule has 0 radical (unpaired) electrons. The number of rotatable bonds is 5. The van der Waals surface area contributed by atoms with Crippen LogP contribution in [0, 0.1) is 0 Å². The predicted octanol–water partition coefficient (Wildman–Crippen LogP) is 2.24. The van der Waals surface area contributed by atoms with E-state index in [4.69, 9.17) is 5.53 Å². The van der Waals surface area contributed by atoms with Crippen molar-refractivity contribution in [1.82, 2.24) is 0 Å². The van der Waals surface area contributed by atoms with E-state index in [0.29, 0.717) is 6.54 Å². The van der Waals surface area contributed by atoms with Gasteiger partial charge in [0, 0.05) is 11.5 Å². The molecule has 0 rings (SSSR count). The minimum Gasteiger partial charge on any atom is -0.390 e. The van der Waals surface area contributed by atoms with Crippen molar-refractivity contribution in [3.8, 4) is 0 Å². The van der Waals surface area contributed by atoms with Crippen LogP contribution in [0.1, 0.15) is 33.1 Å². The number of unbranched alkanes of at least 4 members (excludes halogenated alkanes) is 1. The van der Waals surface area contributed by atoms with Gasteiger partial charge in [-0.25, -0.2) is 0 Å². The normalized spacial score (nSPS) is 10.8. The molecular weight excluding hydrogens is 142 g/mol. The van der Waals surface area contributed by atoms with Crippen LogP contribution in [0.2, 0.25) is 0 Å². The number of hydrogen-bond acceptors (Lipinski definition) is 2. The molecule has 4 nitrogen and oxygen atoms in total. The Hall–Kier alpha value is -0.730. The van der Waals surface area contributed by atoms with Crippen LogP contribution >= 0.6 is 0 Å². The molecular formula is C7H15N3O. The summed E-state index contributed by atoms with van der Waals surface area (Å²) in [7, 11) is 0. The summed E-state index contributed by atoms with van der Waals surface area (Å²) in [6, 6.07) is 0. The molecule has 0 spiro atoms. The lowest BCUT2D eigenvalue weighted by molar-refractivity contribution is 0.0684. The van der Waals surface area contributed by atoms with E-state index in [1.165, 1.54) is 0 Å². The quantitative estimate of drug-likeness (QED) is 0.283. The van der Waals surface area contributed by atoms with Crippen molar-refractivity contribution < 1.29 is 5.11 Å². The minimum absolute atomic E-state index is 0.534. The van der Waals surface area contributed by atoms with E-state index in [1.54, 1.807) is 13.8 Å². The van der Waals surface area contributed by atoms with Gasteiger partial charge < -0.3 is 5.11 Å². The van der Waals surface area contributed by atoms with Crippen molar-refractivity contribution in [2.75, 3.05) is 6.54 Å². The first-order valence-electron chi connectivity index (χ1n) is 3.79. The Balaban J connectivity index is 3.21. The molecule has 0 aliphatic rings. The standard InChI is InChI=1S/C7H15N3O/c1-7(2,11)5-3-4-6-9-10-8/h11H,3-6H2,1-2H3. The predicted molar refractivity (Wildman–Crippen MR) is 44.2 cm³/mol. The van der Waals surface area contributed by atoms with E-state index in [9.17, 15) is 5.11 Å². The Labute approximate surface area is 66.9 Å². The molecule has 0 aliphatic carbocycles. The molecule has 11 heavy (non-hydrogen) atoms. The number of hydrogen-bond donors (Lipinski definition) is 1. The van der Waals surface area contributed by atoms with Crippen LogP contribution in [0.15, 0.2) is 5.11 Å². The van der Waals surface area contributed by atoms with Gasteiger partial charge in [-0.05, 0) is 32.2 Å². The van der Waals surface area contributed by atoms with Gasteiger partial charge in [0.15, 0.2) is 0 Å². The Morgan fingerprint density at radius 3 is 2.55 bits per heavy atom. The maximum absolute atomic E-state index is 9.27. The maximum atomic E-state index is 9.27. The van der Waals surface area contributed by atoms with Gasteiger partial charge in [-0.3, -0.25) is 0 Å². The summed E-state index contributed by atoms with van der Waals surface area (Å²) in [6.07, 6.45) is 2.52. The zero-order valence-corrected chi connectivity index (χ0v) is 7.12. The zero-order valence-electron chi connectivity index (χ0n) is 7.12. The molecule has 0 unspecified atom stereocenters. The van der Waals surface area contributed by atoms with Crippen LogP contribution < -0.4 is 0 Å². The Bertz CT molecular complexity index is 144. The second-order valence-electron chi connectivity index (χ2n) is 3.22. The molecule has 0 aromatic heterocycles. The first-order chi connectivity index (χ1) is 5.06. The van der Waals surface area contributed by atoms with Gasteiger partial charge in [0.25, 0.3) is 0 Å². The van der Waals surface area contributed by atoms with Crippen LogP contribution in [-0.4, -0.2) is 17.3 Å². The fraction of sp³-hybridized carbons (Fsp3) is 1.00. The number of azide groups is 1. The van der Waals surface area contributed by atoms with Gasteiger partial charge in [-0.2, -0.15) is 0 Å². The molecule has 0 aromatic carbocycles. The maximum Gasteiger partial charge on any atom is 0.0591 e. The van der Waals surface area contributed by atoms with Crippen LogP contribution in [0.4, 0.5) is 0 Å². The van der Waals surface area contributed by atoms with Crippen molar-refractivity contribution >= 4 is 0 Å². The van der Waals surface area contributed by atoms with E-state index >= 15 is 0 Å². The van der Waals surface area contributed by atoms with Crippen molar-refractivity contribution in [1.29, 1.82) is 0 Å². The smallest absolute Gasteiger partial charge is 0.0591 e. The van der Waals surface area contributed by atoms with Crippen molar-refractivity contribution in [3.05, 3.63) is 10.4 Å². The Morgan fingerprint density at radius 1 is 1.45 bits per heavy atom. The van der Waals surface area contributed by atoms with Gasteiger partial charge in [0.05, 0.1) is 5.60 Å². The third-order valence-electron chi connectivity index (χ3n) is 1.36. The lowest BCUT2D eigenvalue weighted by atomic mass is 10.0. The third kappa shape index (κ3) is 9.27. The first kappa shape index (κ1) is 10.3. The topological polar surface area (TPSA) is 69.0 Å². The van der Waals surface area contributed by atoms with E-state index in [-0.39, 0.29) is 0 Å². The highest BCUT2D eigenvalue weighted by Gasteiger charge is 2.10. The lowest BCUT2D eigenvalue weighted by Gasteiger charge is -2.15. The van der Waals surface area contributed by atoms with Crippen LogP contribution in [0.5, 0.6) is 0 Å². The zero-order chi connectivity index (χ0) is 8.74. The summed E-state index contributed by atoms with van der Waals surface area (Å²) in [5.74, 6) is 0. The summed E-state index contributed by atoms with van der Waals surface area (Å²) >= 11 is 0. The van der Waals surface area contributed by atoms with E-state index in [0.717, 1.165) is 19.3 Å². The Kier molecular flexibility index (Phi) is 4.66. The molecule has 0 atom stereocenters. The highest BCUT2D eigenvalue weighted by molar-refractivity contribution is 4.64. The highest BCUT2D eigenvalue weighted by Crippen LogP contribution is 2.11. The summed E-state index contributed by atoms with van der Waals surface area (Å²) in [5.41, 5.74) is 7.35. The molecule has 4 heteroatoms. The molecule has 0 bridgehead atoms. The van der Waals surface area contributed by atoms with Crippen LogP contribution in [0.3, 0.4) is 0 Å². The third-order valence-corrected chi connectivity index (χ3v) is 1.36. The second kappa shape index (κ2) is 4.99. The molecule has 0 saturated carbocycles. The molecule has 0 fully saturated rings. The SMILES string of the molecule is CC(C)(O)CCCCN=[N+]=[N-]. The van der Waals surface area contributed by atoms with Gasteiger partial charge in [-0.15, -0.1) is 0 Å². The first-order valence-corrected chi connectivity index (χ1v) is 3.79. The highest BCUT2D eigenvalue weighted by atomic mass is 16.3. The molecule has 0 aromatic rings. The average Bonchev–Trinajstić information content (AvgIpc) is 1.85. The molecule has 0 saturated heterocycles. The van der Waals surface area contributed by atoms with E-state index in [1.807, 2.05) is 0 Å². The second-order valence-corrected chi connectivity index (χ2v) is 3.22. The largest absolute Gasteiger partial charge is 0.390 e. The fourth-order valence-corrected chi connectivity index (χ4v) is 0.785. The monoisotopic (exact) mass is 157 g/mol. The molecule has 1 N–H and O–H groups in total. The molecule has 0 amide bonds. The van der Waals surface area contributed by atoms with Crippen molar-refractivity contribution in [2.45, 2.75) is 38.7 Å². The van der Waals surface area contributed by atoms with Gasteiger partial charge in [0.2, 0.25) is 0 Å². The van der Waals surface area contributed by atoms with Crippen LogP contribution in [0.25, 0.3) is 10.4 Å². The van der Waals surface area contributed by atoms with Crippen LogP contribution in [-0.2, 0) is 0 Å². The van der Waals surface area contributed by atoms with Crippen molar-refractivity contribution in [3.63, 3.8) is 0 Å². The molecule has 0 heterocycles. The number of nitrogens with zero attached hydrogens (tertiary/aromatic N) is 3. The Morgan fingerprint density at radius 2 is 2.09 bits per heavy atom. The van der Waals surface area contributed by atoms with Gasteiger partial charge in [0.1, 0.15) is 0 Å². The lowest BCUT2D eigenvalue weighted by Crippen LogP contribution is -2.17. The van der Waals surface area contributed by atoms with Gasteiger partial charge in [-0.1, -0.05) is 11.5 Å². The van der Waals surface area contributed by atoms with Crippen molar-refractivity contribution in [2.24, 2.45) is 5.11 Å². The molecule has 0 aliphatic heterocycles.